The molecule has 1 amide bonds. The topological polar surface area (TPSA) is 111 Å². The number of unbranched alkanes of at least 4 members (excludes halogenated alkanes) is 2. The highest BCUT2D eigenvalue weighted by Crippen LogP contribution is 2.40. The Kier molecular flexibility index (Phi) is 9.44. The molecule has 36 heavy (non-hydrogen) atoms. The summed E-state index contributed by atoms with van der Waals surface area (Å²) in [6.45, 7) is 9.80. The van der Waals surface area contributed by atoms with Crippen LogP contribution in [0.1, 0.15) is 63.7 Å². The van der Waals surface area contributed by atoms with Crippen LogP contribution in [0.3, 0.4) is 0 Å². The Bertz CT molecular complexity index is 1160. The van der Waals surface area contributed by atoms with Crippen LogP contribution in [0.2, 0.25) is 0 Å². The summed E-state index contributed by atoms with van der Waals surface area (Å²) in [6, 6.07) is 8.05. The van der Waals surface area contributed by atoms with Gasteiger partial charge in [-0.05, 0) is 31.0 Å². The average Bonchev–Trinajstić information content (AvgIpc) is 3.32. The maximum absolute atomic E-state index is 13.6. The Morgan fingerprint density at radius 1 is 0.972 bits per heavy atom. The molecule has 3 rings (SSSR count). The molecule has 0 radical (unpaired) electrons. The van der Waals surface area contributed by atoms with Crippen LogP contribution in [-0.4, -0.2) is 51.6 Å². The third-order valence-electron chi connectivity index (χ3n) is 6.13. The lowest BCUT2D eigenvalue weighted by molar-refractivity contribution is 0.100. The number of nitrogens with zero attached hydrogens (tertiary/aromatic N) is 2. The third-order valence-corrected chi connectivity index (χ3v) is 8.20. The smallest absolute Gasteiger partial charge is 0.250 e. The van der Waals surface area contributed by atoms with Crippen molar-refractivity contribution in [1.29, 1.82) is 0 Å². The molecule has 2 N–H and O–H groups in total. The fraction of sp³-hybridized carbons (Fsp3) is 0.500. The molecule has 198 valence electrons. The number of primary amides is 1. The molecule has 0 aromatic heterocycles. The highest BCUT2D eigenvalue weighted by Gasteiger charge is 2.30. The summed E-state index contributed by atoms with van der Waals surface area (Å²) in [5, 5.41) is 0. The summed E-state index contributed by atoms with van der Waals surface area (Å²) < 4.78 is 45.6. The number of benzene rings is 2. The number of ether oxygens (including phenoxy) is 3. The molecule has 0 spiro atoms. The molecule has 10 heteroatoms. The molecule has 0 aliphatic carbocycles. The molecule has 0 atom stereocenters. The van der Waals surface area contributed by atoms with Gasteiger partial charge in [-0.3, -0.25) is 4.79 Å². The lowest BCUT2D eigenvalue weighted by atomic mass is 10.1. The van der Waals surface area contributed by atoms with Crippen molar-refractivity contribution in [3.8, 4) is 23.0 Å². The number of sulfonamides is 1. The summed E-state index contributed by atoms with van der Waals surface area (Å²) in [6.07, 6.45) is 3.78. The van der Waals surface area contributed by atoms with Crippen molar-refractivity contribution in [2.24, 2.45) is 5.73 Å². The maximum atomic E-state index is 13.6. The van der Waals surface area contributed by atoms with Gasteiger partial charge < -0.3 is 24.8 Å². The molecule has 0 fully saturated rings. The van der Waals surface area contributed by atoms with Crippen molar-refractivity contribution < 1.29 is 27.4 Å². The zero-order chi connectivity index (χ0) is 26.3. The largest absolute Gasteiger partial charge is 0.456 e. The van der Waals surface area contributed by atoms with Crippen molar-refractivity contribution in [2.45, 2.75) is 58.3 Å². The van der Waals surface area contributed by atoms with Crippen molar-refractivity contribution in [1.82, 2.24) is 4.31 Å². The maximum Gasteiger partial charge on any atom is 0.250 e. The second kappa shape index (κ2) is 12.3. The van der Waals surface area contributed by atoms with E-state index in [0.29, 0.717) is 36.0 Å². The van der Waals surface area contributed by atoms with Gasteiger partial charge in [0.15, 0.2) is 11.5 Å². The first-order valence-electron chi connectivity index (χ1n) is 12.6. The molecule has 2 aromatic rings. The van der Waals surface area contributed by atoms with Gasteiger partial charge in [-0.2, -0.15) is 4.31 Å². The molecule has 0 saturated heterocycles. The van der Waals surface area contributed by atoms with Crippen LogP contribution >= 0.6 is 0 Å². The summed E-state index contributed by atoms with van der Waals surface area (Å²) in [4.78, 5) is 14.6. The Labute approximate surface area is 214 Å². The van der Waals surface area contributed by atoms with Gasteiger partial charge in [0.1, 0.15) is 16.4 Å². The lowest BCUT2D eigenvalue weighted by Gasteiger charge is -2.28. The number of hydrogen-bond donors (Lipinski definition) is 1. The van der Waals surface area contributed by atoms with Gasteiger partial charge >= 0.3 is 0 Å². The Hall–Kier alpha value is -2.98. The molecule has 2 aromatic carbocycles. The fourth-order valence-corrected chi connectivity index (χ4v) is 5.69. The van der Waals surface area contributed by atoms with E-state index in [0.717, 1.165) is 25.7 Å². The van der Waals surface area contributed by atoms with E-state index in [4.69, 9.17) is 19.9 Å². The molecule has 0 unspecified atom stereocenters. The zero-order valence-electron chi connectivity index (χ0n) is 21.6. The lowest BCUT2D eigenvalue weighted by Crippen LogP contribution is -2.32. The van der Waals surface area contributed by atoms with Crippen LogP contribution in [0.5, 0.6) is 23.0 Å². The first-order chi connectivity index (χ1) is 17.3. The summed E-state index contributed by atoms with van der Waals surface area (Å²) in [5.74, 6) is 0.935. The van der Waals surface area contributed by atoms with E-state index >= 15 is 0 Å². The molecule has 1 aliphatic heterocycles. The van der Waals surface area contributed by atoms with Crippen LogP contribution in [0, 0.1) is 0 Å². The predicted molar refractivity (Wildman–Crippen MR) is 140 cm³/mol. The van der Waals surface area contributed by atoms with E-state index in [1.54, 1.807) is 38.1 Å². The molecule has 1 heterocycles. The van der Waals surface area contributed by atoms with E-state index < -0.39 is 15.9 Å². The number of hydrogen-bond acceptors (Lipinski definition) is 7. The van der Waals surface area contributed by atoms with E-state index in [9.17, 15) is 13.2 Å². The average molecular weight is 520 g/mol. The normalized spacial score (nSPS) is 12.7. The molecule has 0 bridgehead atoms. The van der Waals surface area contributed by atoms with Crippen molar-refractivity contribution in [3.05, 3.63) is 35.9 Å². The van der Waals surface area contributed by atoms with E-state index in [-0.39, 0.29) is 36.1 Å². The number of amides is 1. The minimum atomic E-state index is -3.97. The van der Waals surface area contributed by atoms with Gasteiger partial charge in [-0.1, -0.05) is 40.5 Å². The van der Waals surface area contributed by atoms with Crippen molar-refractivity contribution >= 4 is 21.6 Å². The predicted octanol–water partition coefficient (Wildman–Crippen LogP) is 4.74. The summed E-state index contributed by atoms with van der Waals surface area (Å²) >= 11 is 0. The first kappa shape index (κ1) is 27.6. The van der Waals surface area contributed by atoms with Gasteiger partial charge in [0, 0.05) is 38.3 Å². The zero-order valence-corrected chi connectivity index (χ0v) is 22.4. The van der Waals surface area contributed by atoms with Gasteiger partial charge in [-0.25, -0.2) is 8.42 Å². The van der Waals surface area contributed by atoms with Gasteiger partial charge in [0.05, 0.1) is 11.3 Å². The standard InChI is InChI=1S/C26H37N3O6S/c1-5-9-13-28(14-10-6-2)21-17-24(35-19-11-12-22-23(15-19)34-18-33-22)25(16-20(21)26(27)30)36(31,32)29(7-3)8-4/h11-12,15-17H,5-10,13-14,18H2,1-4H3,(H2,27,30). The molecule has 1 aliphatic rings. The Morgan fingerprint density at radius 3 is 2.19 bits per heavy atom. The van der Waals surface area contributed by atoms with E-state index in [2.05, 4.69) is 18.7 Å². The number of rotatable bonds is 14. The van der Waals surface area contributed by atoms with Crippen LogP contribution in [-0.2, 0) is 10.0 Å². The summed E-state index contributed by atoms with van der Waals surface area (Å²) in [7, 11) is -3.97. The second-order valence-electron chi connectivity index (χ2n) is 8.58. The molecule has 9 nitrogen and oxygen atoms in total. The SMILES string of the molecule is CCCCN(CCCC)c1cc(Oc2ccc3c(c2)OCO3)c(S(=O)(=O)N(CC)CC)cc1C(N)=O. The highest BCUT2D eigenvalue weighted by molar-refractivity contribution is 7.89. The van der Waals surface area contributed by atoms with Crippen LogP contribution in [0.4, 0.5) is 5.69 Å². The van der Waals surface area contributed by atoms with Crippen LogP contribution < -0.4 is 24.8 Å². The summed E-state index contributed by atoms with van der Waals surface area (Å²) in [5.41, 5.74) is 6.51. The number of carbonyl (C=O) groups excluding carboxylic acids is 1. The molecular weight excluding hydrogens is 482 g/mol. The van der Waals surface area contributed by atoms with Gasteiger partial charge in [-0.15, -0.1) is 0 Å². The van der Waals surface area contributed by atoms with Gasteiger partial charge in [0.2, 0.25) is 16.8 Å². The quantitative estimate of drug-likeness (QED) is 0.384. The Balaban J connectivity index is 2.20. The van der Waals surface area contributed by atoms with Gasteiger partial charge in [0.25, 0.3) is 5.91 Å². The minimum absolute atomic E-state index is 0.104. The monoisotopic (exact) mass is 519 g/mol. The number of anilines is 1. The minimum Gasteiger partial charge on any atom is -0.456 e. The number of nitrogens with two attached hydrogens (primary N) is 1. The molecular formula is C26H37N3O6S. The number of fused-ring (bicyclic) bond motifs is 1. The third kappa shape index (κ3) is 6.04. The van der Waals surface area contributed by atoms with Crippen molar-refractivity contribution in [2.75, 3.05) is 37.9 Å². The second-order valence-corrected chi connectivity index (χ2v) is 10.5. The molecule has 0 saturated carbocycles. The van der Waals surface area contributed by atoms with Crippen molar-refractivity contribution in [3.63, 3.8) is 0 Å². The Morgan fingerprint density at radius 2 is 1.61 bits per heavy atom. The first-order valence-corrected chi connectivity index (χ1v) is 14.0. The van der Waals surface area contributed by atoms with Crippen LogP contribution in [0.25, 0.3) is 0 Å². The van der Waals surface area contributed by atoms with Crippen LogP contribution in [0.15, 0.2) is 35.2 Å². The number of carbonyl (C=O) groups is 1. The fourth-order valence-electron chi connectivity index (χ4n) is 4.11. The van der Waals surface area contributed by atoms with E-state index in [1.807, 2.05) is 0 Å². The highest BCUT2D eigenvalue weighted by atomic mass is 32.2. The van der Waals surface area contributed by atoms with E-state index in [1.165, 1.54) is 10.4 Å².